The number of hydrogen-bond donors (Lipinski definition) is 1. The average molecular weight is 465 g/mol. The number of piperidine rings is 1. The number of morpholine rings is 1. The van der Waals surface area contributed by atoms with Crippen LogP contribution in [-0.2, 0) is 9.53 Å². The van der Waals surface area contributed by atoms with Crippen LogP contribution in [0.2, 0.25) is 0 Å². The molecular weight excluding hydrogens is 432 g/mol. The number of aromatic amines is 1. The highest BCUT2D eigenvalue weighted by atomic mass is 16.5. The van der Waals surface area contributed by atoms with Crippen LogP contribution in [-0.4, -0.2) is 76.7 Å². The number of anilines is 1. The molecule has 9 nitrogen and oxygen atoms in total. The van der Waals surface area contributed by atoms with E-state index < -0.39 is 0 Å². The molecule has 2 saturated heterocycles. The zero-order chi connectivity index (χ0) is 23.7. The van der Waals surface area contributed by atoms with Crippen LogP contribution in [0.4, 0.5) is 5.82 Å². The van der Waals surface area contributed by atoms with Gasteiger partial charge in [0.2, 0.25) is 11.8 Å². The molecule has 0 bridgehead atoms. The Kier molecular flexibility index (Phi) is 6.36. The van der Waals surface area contributed by atoms with Gasteiger partial charge in [0.15, 0.2) is 5.82 Å². The van der Waals surface area contributed by atoms with Gasteiger partial charge in [-0.05, 0) is 25.8 Å². The quantitative estimate of drug-likeness (QED) is 0.618. The molecule has 1 N–H and O–H groups in total. The molecule has 0 aromatic carbocycles. The second-order valence-electron chi connectivity index (χ2n) is 9.05. The summed E-state index contributed by atoms with van der Waals surface area (Å²) in [5.74, 6) is 2.61. The fraction of sp³-hybridized carbons (Fsp3) is 0.520. The van der Waals surface area contributed by atoms with E-state index in [1.807, 2.05) is 30.2 Å². The summed E-state index contributed by atoms with van der Waals surface area (Å²) in [4.78, 5) is 34.2. The van der Waals surface area contributed by atoms with Crippen LogP contribution in [0.25, 0.3) is 22.4 Å². The molecule has 9 heteroatoms. The van der Waals surface area contributed by atoms with E-state index in [-0.39, 0.29) is 17.9 Å². The number of ether oxygens (including phenoxy) is 2. The Morgan fingerprint density at radius 2 is 2.03 bits per heavy atom. The highest BCUT2D eigenvalue weighted by Crippen LogP contribution is 2.34. The second kappa shape index (κ2) is 9.58. The highest BCUT2D eigenvalue weighted by molar-refractivity contribution is 5.92. The van der Waals surface area contributed by atoms with Gasteiger partial charge in [-0.15, -0.1) is 0 Å². The van der Waals surface area contributed by atoms with Gasteiger partial charge in [0.1, 0.15) is 11.5 Å². The molecule has 2 fully saturated rings. The lowest BCUT2D eigenvalue weighted by Crippen LogP contribution is -2.44. The summed E-state index contributed by atoms with van der Waals surface area (Å²) in [7, 11) is 1.62. The summed E-state index contributed by atoms with van der Waals surface area (Å²) >= 11 is 0. The lowest BCUT2D eigenvalue weighted by molar-refractivity contribution is -0.131. The Hall–Kier alpha value is -3.20. The van der Waals surface area contributed by atoms with E-state index >= 15 is 0 Å². The molecule has 0 radical (unpaired) electrons. The second-order valence-corrected chi connectivity index (χ2v) is 9.05. The standard InChI is InChI=1S/C25H32N6O3/c1-4-23(32)30-9-6-17(7-10-30)20-14-21(31-11-12-34-15-16(31)2)28-25(27-20)19-13-22(33-3)29-24-18(19)5-8-26-24/h5,8,13-14,16-17H,4,6-7,9-12,15H2,1-3H3,(H,26,29). The maximum Gasteiger partial charge on any atom is 0.222 e. The first-order chi connectivity index (χ1) is 16.6. The summed E-state index contributed by atoms with van der Waals surface area (Å²) in [6.45, 7) is 7.77. The van der Waals surface area contributed by atoms with Gasteiger partial charge < -0.3 is 24.3 Å². The Morgan fingerprint density at radius 3 is 2.76 bits per heavy atom. The summed E-state index contributed by atoms with van der Waals surface area (Å²) in [6, 6.07) is 6.27. The van der Waals surface area contributed by atoms with Crippen molar-refractivity contribution in [2.45, 2.75) is 45.1 Å². The molecule has 1 unspecified atom stereocenters. The van der Waals surface area contributed by atoms with Crippen molar-refractivity contribution in [1.29, 1.82) is 0 Å². The van der Waals surface area contributed by atoms with Crippen LogP contribution in [0.3, 0.4) is 0 Å². The van der Waals surface area contributed by atoms with Crippen LogP contribution < -0.4 is 9.64 Å². The molecule has 0 saturated carbocycles. The first kappa shape index (κ1) is 22.6. The number of nitrogens with zero attached hydrogens (tertiary/aromatic N) is 5. The molecule has 2 aliphatic heterocycles. The van der Waals surface area contributed by atoms with Crippen molar-refractivity contribution < 1.29 is 14.3 Å². The van der Waals surface area contributed by atoms with Crippen LogP contribution >= 0.6 is 0 Å². The van der Waals surface area contributed by atoms with Crippen molar-refractivity contribution in [2.24, 2.45) is 0 Å². The monoisotopic (exact) mass is 464 g/mol. The van der Waals surface area contributed by atoms with Crippen LogP contribution in [0.5, 0.6) is 5.88 Å². The van der Waals surface area contributed by atoms with Gasteiger partial charge in [-0.25, -0.2) is 9.97 Å². The third kappa shape index (κ3) is 4.32. The first-order valence-electron chi connectivity index (χ1n) is 12.1. The van der Waals surface area contributed by atoms with Crippen LogP contribution in [0.15, 0.2) is 24.4 Å². The number of amides is 1. The molecular formula is C25H32N6O3. The third-order valence-corrected chi connectivity index (χ3v) is 6.92. The Morgan fingerprint density at radius 1 is 1.21 bits per heavy atom. The van der Waals surface area contributed by atoms with Crippen molar-refractivity contribution >= 4 is 22.8 Å². The number of aromatic nitrogens is 4. The van der Waals surface area contributed by atoms with Crippen LogP contribution in [0, 0.1) is 0 Å². The van der Waals surface area contributed by atoms with E-state index in [0.717, 1.165) is 60.6 Å². The lowest BCUT2D eigenvalue weighted by Gasteiger charge is -2.35. The largest absolute Gasteiger partial charge is 0.481 e. The average Bonchev–Trinajstić information content (AvgIpc) is 3.36. The van der Waals surface area contributed by atoms with Crippen molar-refractivity contribution in [3.63, 3.8) is 0 Å². The smallest absolute Gasteiger partial charge is 0.222 e. The molecule has 0 spiro atoms. The van der Waals surface area contributed by atoms with Gasteiger partial charge in [0, 0.05) is 66.9 Å². The molecule has 180 valence electrons. The van der Waals surface area contributed by atoms with E-state index in [9.17, 15) is 4.79 Å². The normalized spacial score (nSPS) is 19.6. The lowest BCUT2D eigenvalue weighted by atomic mass is 9.92. The Balaban J connectivity index is 1.57. The topological polar surface area (TPSA) is 96.5 Å². The third-order valence-electron chi connectivity index (χ3n) is 6.92. The summed E-state index contributed by atoms with van der Waals surface area (Å²) in [5.41, 5.74) is 2.67. The molecule has 5 rings (SSSR count). The van der Waals surface area contributed by atoms with Crippen molar-refractivity contribution in [3.8, 4) is 17.3 Å². The first-order valence-corrected chi connectivity index (χ1v) is 12.1. The van der Waals surface area contributed by atoms with E-state index in [0.29, 0.717) is 31.3 Å². The minimum absolute atomic E-state index is 0.225. The molecule has 3 aromatic heterocycles. The fourth-order valence-corrected chi connectivity index (χ4v) is 4.95. The van der Waals surface area contributed by atoms with Crippen LogP contribution in [0.1, 0.15) is 44.7 Å². The number of hydrogen-bond acceptors (Lipinski definition) is 7. The van der Waals surface area contributed by atoms with E-state index in [2.05, 4.69) is 27.9 Å². The van der Waals surface area contributed by atoms with Crippen molar-refractivity contribution in [2.75, 3.05) is 44.9 Å². The number of H-pyrrole nitrogens is 1. The molecule has 5 heterocycles. The van der Waals surface area contributed by atoms with Crippen molar-refractivity contribution in [1.82, 2.24) is 24.8 Å². The summed E-state index contributed by atoms with van der Waals surface area (Å²) in [6.07, 6.45) is 4.23. The Bertz CT molecular complexity index is 1170. The maximum absolute atomic E-state index is 12.2. The summed E-state index contributed by atoms with van der Waals surface area (Å²) in [5, 5.41) is 0.960. The van der Waals surface area contributed by atoms with Gasteiger partial charge in [-0.3, -0.25) is 4.79 Å². The number of likely N-dealkylation sites (tertiary alicyclic amines) is 1. The van der Waals surface area contributed by atoms with E-state index in [1.165, 1.54) is 0 Å². The number of nitrogens with one attached hydrogen (secondary N) is 1. The highest BCUT2D eigenvalue weighted by Gasteiger charge is 2.28. The maximum atomic E-state index is 12.2. The molecule has 2 aliphatic rings. The SMILES string of the molecule is CCC(=O)N1CCC(c2cc(N3CCOCC3C)nc(-c3cc(OC)nc4[nH]ccc34)n2)CC1. The number of methoxy groups -OCH3 is 1. The number of rotatable bonds is 5. The fourth-order valence-electron chi connectivity index (χ4n) is 4.95. The Labute approximate surface area is 199 Å². The van der Waals surface area contributed by atoms with Gasteiger partial charge in [0.25, 0.3) is 0 Å². The number of carbonyl (C=O) groups is 1. The van der Waals surface area contributed by atoms with Gasteiger partial charge in [-0.2, -0.15) is 4.98 Å². The predicted molar refractivity (Wildman–Crippen MR) is 130 cm³/mol. The molecule has 1 amide bonds. The molecule has 1 atom stereocenters. The van der Waals surface area contributed by atoms with Crippen molar-refractivity contribution in [3.05, 3.63) is 30.1 Å². The number of carbonyl (C=O) groups excluding carboxylic acids is 1. The minimum Gasteiger partial charge on any atom is -0.481 e. The minimum atomic E-state index is 0.225. The van der Waals surface area contributed by atoms with Gasteiger partial charge in [-0.1, -0.05) is 6.92 Å². The zero-order valence-electron chi connectivity index (χ0n) is 20.1. The summed E-state index contributed by atoms with van der Waals surface area (Å²) < 4.78 is 11.1. The van der Waals surface area contributed by atoms with E-state index in [4.69, 9.17) is 19.4 Å². The van der Waals surface area contributed by atoms with E-state index in [1.54, 1.807) is 7.11 Å². The zero-order valence-corrected chi connectivity index (χ0v) is 20.1. The van der Waals surface area contributed by atoms with Gasteiger partial charge >= 0.3 is 0 Å². The number of fused-ring (bicyclic) bond motifs is 1. The molecule has 3 aromatic rings. The predicted octanol–water partition coefficient (Wildman–Crippen LogP) is 3.37. The molecule has 34 heavy (non-hydrogen) atoms. The molecule has 0 aliphatic carbocycles. The number of pyridine rings is 1. The van der Waals surface area contributed by atoms with Gasteiger partial charge in [0.05, 0.1) is 26.4 Å².